The first kappa shape index (κ1) is 12.2. The molecule has 0 aliphatic heterocycles. The van der Waals surface area contributed by atoms with Gasteiger partial charge in [0, 0.05) is 6.07 Å². The van der Waals surface area contributed by atoms with E-state index in [1.54, 1.807) is 6.20 Å². The van der Waals surface area contributed by atoms with Gasteiger partial charge >= 0.3 is 0 Å². The number of ether oxygens (including phenoxy) is 2. The van der Waals surface area contributed by atoms with Gasteiger partial charge in [-0.3, -0.25) is 4.98 Å². The van der Waals surface area contributed by atoms with Gasteiger partial charge in [0.25, 0.3) is 0 Å². The molecule has 1 heterocycles. The van der Waals surface area contributed by atoms with Crippen LogP contribution in [0.1, 0.15) is 46.2 Å². The molecule has 0 amide bonds. The first-order valence-electron chi connectivity index (χ1n) is 6.32. The molecule has 3 heteroatoms. The summed E-state index contributed by atoms with van der Waals surface area (Å²) in [5.41, 5.74) is 0.810. The Kier molecular flexibility index (Phi) is 3.27. The molecule has 0 radical (unpaired) electrons. The molecule has 1 saturated carbocycles. The SMILES string of the molecule is CCc1ncc(OC(C)(C)C)cc1OC1CC1. The van der Waals surface area contributed by atoms with Crippen LogP contribution in [0.25, 0.3) is 0 Å². The fourth-order valence-corrected chi connectivity index (χ4v) is 1.60. The van der Waals surface area contributed by atoms with Gasteiger partial charge < -0.3 is 9.47 Å². The molecule has 17 heavy (non-hydrogen) atoms. The van der Waals surface area contributed by atoms with Crippen LogP contribution in [0.3, 0.4) is 0 Å². The van der Waals surface area contributed by atoms with Crippen LogP contribution in [-0.2, 0) is 6.42 Å². The standard InChI is InChI=1S/C14H21NO2/c1-5-12-13(16-10-6-7-10)8-11(9-15-12)17-14(2,3)4/h8-10H,5-7H2,1-4H3. The Morgan fingerprint density at radius 3 is 2.59 bits per heavy atom. The van der Waals surface area contributed by atoms with E-state index >= 15 is 0 Å². The second-order valence-electron chi connectivity index (χ2n) is 5.50. The second-order valence-corrected chi connectivity index (χ2v) is 5.50. The van der Waals surface area contributed by atoms with Crippen LogP contribution in [0.15, 0.2) is 12.3 Å². The van der Waals surface area contributed by atoms with Gasteiger partial charge in [0.1, 0.15) is 17.1 Å². The molecule has 1 aliphatic rings. The maximum atomic E-state index is 5.86. The van der Waals surface area contributed by atoms with E-state index < -0.39 is 0 Å². The zero-order valence-electron chi connectivity index (χ0n) is 11.1. The van der Waals surface area contributed by atoms with Crippen LogP contribution in [0.5, 0.6) is 11.5 Å². The topological polar surface area (TPSA) is 31.4 Å². The lowest BCUT2D eigenvalue weighted by molar-refractivity contribution is 0.129. The number of pyridine rings is 1. The molecular formula is C14H21NO2. The zero-order valence-corrected chi connectivity index (χ0v) is 11.1. The largest absolute Gasteiger partial charge is 0.488 e. The number of nitrogens with zero attached hydrogens (tertiary/aromatic N) is 1. The molecule has 94 valence electrons. The van der Waals surface area contributed by atoms with Crippen molar-refractivity contribution in [3.05, 3.63) is 18.0 Å². The molecule has 3 nitrogen and oxygen atoms in total. The first-order valence-corrected chi connectivity index (χ1v) is 6.32. The van der Waals surface area contributed by atoms with Gasteiger partial charge in [-0.25, -0.2) is 0 Å². The molecule has 0 bridgehead atoms. The highest BCUT2D eigenvalue weighted by molar-refractivity contribution is 5.35. The molecule has 1 fully saturated rings. The van der Waals surface area contributed by atoms with Crippen LogP contribution >= 0.6 is 0 Å². The van der Waals surface area contributed by atoms with Crippen molar-refractivity contribution < 1.29 is 9.47 Å². The predicted molar refractivity (Wildman–Crippen MR) is 67.6 cm³/mol. The monoisotopic (exact) mass is 235 g/mol. The molecule has 0 unspecified atom stereocenters. The van der Waals surface area contributed by atoms with Gasteiger partial charge in [-0.2, -0.15) is 0 Å². The Bertz CT molecular complexity index is 392. The lowest BCUT2D eigenvalue weighted by Crippen LogP contribution is -2.23. The number of hydrogen-bond acceptors (Lipinski definition) is 3. The summed E-state index contributed by atoms with van der Waals surface area (Å²) >= 11 is 0. The second kappa shape index (κ2) is 4.55. The first-order chi connectivity index (χ1) is 7.98. The summed E-state index contributed by atoms with van der Waals surface area (Å²) in [7, 11) is 0. The van der Waals surface area contributed by atoms with E-state index in [4.69, 9.17) is 9.47 Å². The highest BCUT2D eigenvalue weighted by atomic mass is 16.5. The highest BCUT2D eigenvalue weighted by Crippen LogP contribution is 2.31. The summed E-state index contributed by atoms with van der Waals surface area (Å²) in [5, 5.41) is 0. The minimum absolute atomic E-state index is 0.202. The lowest BCUT2D eigenvalue weighted by atomic mass is 10.2. The molecule has 0 N–H and O–H groups in total. The van der Waals surface area contributed by atoms with Crippen LogP contribution < -0.4 is 9.47 Å². The minimum atomic E-state index is -0.202. The Labute approximate surface area is 103 Å². The van der Waals surface area contributed by atoms with Crippen LogP contribution in [0.4, 0.5) is 0 Å². The predicted octanol–water partition coefficient (Wildman–Crippen LogP) is 3.36. The summed E-state index contributed by atoms with van der Waals surface area (Å²) < 4.78 is 11.7. The normalized spacial score (nSPS) is 15.8. The Hall–Kier alpha value is -1.25. The number of aromatic nitrogens is 1. The van der Waals surface area contributed by atoms with Gasteiger partial charge in [0.15, 0.2) is 0 Å². The molecule has 0 aromatic carbocycles. The summed E-state index contributed by atoms with van der Waals surface area (Å²) in [6, 6.07) is 1.97. The molecule has 1 aliphatic carbocycles. The Morgan fingerprint density at radius 1 is 1.35 bits per heavy atom. The van der Waals surface area contributed by atoms with Crippen molar-refractivity contribution in [1.82, 2.24) is 4.98 Å². The van der Waals surface area contributed by atoms with Crippen LogP contribution in [0.2, 0.25) is 0 Å². The maximum absolute atomic E-state index is 5.86. The molecule has 0 atom stereocenters. The van der Waals surface area contributed by atoms with Gasteiger partial charge in [-0.05, 0) is 40.0 Å². The summed E-state index contributed by atoms with van der Waals surface area (Å²) in [4.78, 5) is 4.41. The van der Waals surface area contributed by atoms with Gasteiger partial charge in [-0.15, -0.1) is 0 Å². The van der Waals surface area contributed by atoms with Crippen molar-refractivity contribution in [2.45, 2.75) is 58.7 Å². The molecule has 1 aromatic rings. The summed E-state index contributed by atoms with van der Waals surface area (Å²) in [6.45, 7) is 8.18. The number of hydrogen-bond donors (Lipinski definition) is 0. The average molecular weight is 235 g/mol. The third-order valence-corrected chi connectivity index (χ3v) is 2.48. The molecule has 2 rings (SSSR count). The molecular weight excluding hydrogens is 214 g/mol. The van der Waals surface area contributed by atoms with Gasteiger partial charge in [0.2, 0.25) is 0 Å². The van der Waals surface area contributed by atoms with Crippen molar-refractivity contribution >= 4 is 0 Å². The van der Waals surface area contributed by atoms with Crippen molar-refractivity contribution in [3.63, 3.8) is 0 Å². The molecule has 1 aromatic heterocycles. The third-order valence-electron chi connectivity index (χ3n) is 2.48. The quantitative estimate of drug-likeness (QED) is 0.802. The third kappa shape index (κ3) is 3.62. The van der Waals surface area contributed by atoms with Crippen LogP contribution in [0, 0.1) is 0 Å². The van der Waals surface area contributed by atoms with Crippen molar-refractivity contribution in [2.24, 2.45) is 0 Å². The highest BCUT2D eigenvalue weighted by Gasteiger charge is 2.25. The van der Waals surface area contributed by atoms with Gasteiger partial charge in [0.05, 0.1) is 18.0 Å². The summed E-state index contributed by atoms with van der Waals surface area (Å²) in [6.07, 6.45) is 5.38. The van der Waals surface area contributed by atoms with Crippen molar-refractivity contribution in [1.29, 1.82) is 0 Å². The molecule has 0 saturated heterocycles. The zero-order chi connectivity index (χ0) is 12.5. The Balaban J connectivity index is 2.17. The van der Waals surface area contributed by atoms with E-state index in [0.29, 0.717) is 6.10 Å². The van der Waals surface area contributed by atoms with Crippen molar-refractivity contribution in [3.8, 4) is 11.5 Å². The van der Waals surface area contributed by atoms with Crippen LogP contribution in [-0.4, -0.2) is 16.7 Å². The number of rotatable bonds is 4. The Morgan fingerprint density at radius 2 is 2.06 bits per heavy atom. The lowest BCUT2D eigenvalue weighted by Gasteiger charge is -2.21. The maximum Gasteiger partial charge on any atom is 0.144 e. The number of aryl methyl sites for hydroxylation is 1. The molecule has 0 spiro atoms. The smallest absolute Gasteiger partial charge is 0.144 e. The van der Waals surface area contributed by atoms with E-state index in [-0.39, 0.29) is 5.60 Å². The fourth-order valence-electron chi connectivity index (χ4n) is 1.60. The minimum Gasteiger partial charge on any atom is -0.488 e. The fraction of sp³-hybridized carbons (Fsp3) is 0.643. The van der Waals surface area contributed by atoms with Gasteiger partial charge in [-0.1, -0.05) is 6.92 Å². The van der Waals surface area contributed by atoms with E-state index in [1.165, 1.54) is 0 Å². The van der Waals surface area contributed by atoms with E-state index in [9.17, 15) is 0 Å². The van der Waals surface area contributed by atoms with E-state index in [1.807, 2.05) is 26.8 Å². The van der Waals surface area contributed by atoms with Crippen molar-refractivity contribution in [2.75, 3.05) is 0 Å². The average Bonchev–Trinajstić information content (AvgIpc) is 3.00. The van der Waals surface area contributed by atoms with E-state index in [0.717, 1.165) is 36.5 Å². The summed E-state index contributed by atoms with van der Waals surface area (Å²) in [5.74, 6) is 1.67. The van der Waals surface area contributed by atoms with E-state index in [2.05, 4.69) is 11.9 Å².